The second-order valence-electron chi connectivity index (χ2n) is 7.24. The molecule has 156 valence electrons. The second kappa shape index (κ2) is 11.7. The van der Waals surface area contributed by atoms with Gasteiger partial charge in [0.05, 0.1) is 0 Å². The molecule has 1 unspecified atom stereocenters. The van der Waals surface area contributed by atoms with Crippen LogP contribution in [0.5, 0.6) is 0 Å². The highest BCUT2D eigenvalue weighted by Gasteiger charge is 2.28. The molecule has 2 aromatic rings. The molecule has 0 aliphatic heterocycles. The van der Waals surface area contributed by atoms with Crippen LogP contribution in [0.15, 0.2) is 53.4 Å². The zero-order valence-electron chi connectivity index (χ0n) is 17.9. The number of carbonyl (C=O) groups is 2. The molecule has 4 nitrogen and oxygen atoms in total. The Kier molecular flexibility index (Phi) is 9.26. The summed E-state index contributed by atoms with van der Waals surface area (Å²) in [6, 6.07) is 16.0. The van der Waals surface area contributed by atoms with Crippen LogP contribution in [0, 0.1) is 13.8 Å². The lowest BCUT2D eigenvalue weighted by Crippen LogP contribution is -2.49. The molecule has 5 heteroatoms. The molecule has 0 aliphatic carbocycles. The van der Waals surface area contributed by atoms with Gasteiger partial charge in [-0.15, -0.1) is 11.8 Å². The molecule has 1 atom stereocenters. The fourth-order valence-corrected chi connectivity index (χ4v) is 4.09. The first kappa shape index (κ1) is 23.0. The first-order valence-corrected chi connectivity index (χ1v) is 11.2. The monoisotopic (exact) mass is 412 g/mol. The number of benzene rings is 2. The SMILES string of the molecule is CCNC(=O)C(CC)N(Cc1cccc(C)c1)C(=O)CCSc1ccc(C)cc1. The van der Waals surface area contributed by atoms with Gasteiger partial charge in [0.2, 0.25) is 11.8 Å². The van der Waals surface area contributed by atoms with Crippen LogP contribution >= 0.6 is 11.8 Å². The molecule has 1 N–H and O–H groups in total. The van der Waals surface area contributed by atoms with E-state index in [1.54, 1.807) is 16.7 Å². The summed E-state index contributed by atoms with van der Waals surface area (Å²) >= 11 is 1.67. The summed E-state index contributed by atoms with van der Waals surface area (Å²) < 4.78 is 0. The molecule has 0 saturated carbocycles. The van der Waals surface area contributed by atoms with Gasteiger partial charge in [-0.1, -0.05) is 54.4 Å². The van der Waals surface area contributed by atoms with Gasteiger partial charge in [-0.2, -0.15) is 0 Å². The van der Waals surface area contributed by atoms with E-state index >= 15 is 0 Å². The quantitative estimate of drug-likeness (QED) is 0.574. The number of hydrogen-bond donors (Lipinski definition) is 1. The molecule has 29 heavy (non-hydrogen) atoms. The van der Waals surface area contributed by atoms with E-state index in [0.717, 1.165) is 16.0 Å². The first-order chi connectivity index (χ1) is 13.9. The number of carbonyl (C=O) groups excluding carboxylic acids is 2. The zero-order valence-corrected chi connectivity index (χ0v) is 18.7. The average Bonchev–Trinajstić information content (AvgIpc) is 2.69. The minimum absolute atomic E-state index is 0.0178. The number of hydrogen-bond acceptors (Lipinski definition) is 3. The van der Waals surface area contributed by atoms with Gasteiger partial charge >= 0.3 is 0 Å². The summed E-state index contributed by atoms with van der Waals surface area (Å²) in [7, 11) is 0. The van der Waals surface area contributed by atoms with Crippen LogP contribution in [-0.2, 0) is 16.1 Å². The first-order valence-electron chi connectivity index (χ1n) is 10.3. The molecule has 2 amide bonds. The van der Waals surface area contributed by atoms with Gasteiger partial charge in [-0.3, -0.25) is 9.59 Å². The lowest BCUT2D eigenvalue weighted by Gasteiger charge is -2.30. The van der Waals surface area contributed by atoms with E-state index in [1.165, 1.54) is 5.56 Å². The number of amides is 2. The molecule has 0 aliphatic rings. The third-order valence-corrected chi connectivity index (χ3v) is 5.79. The third kappa shape index (κ3) is 7.24. The smallest absolute Gasteiger partial charge is 0.242 e. The maximum absolute atomic E-state index is 13.1. The van der Waals surface area contributed by atoms with Crippen LogP contribution in [0.4, 0.5) is 0 Å². The van der Waals surface area contributed by atoms with Crippen molar-refractivity contribution in [2.75, 3.05) is 12.3 Å². The van der Waals surface area contributed by atoms with Gasteiger partial charge in [-0.25, -0.2) is 0 Å². The van der Waals surface area contributed by atoms with Crippen LogP contribution < -0.4 is 5.32 Å². The van der Waals surface area contributed by atoms with E-state index in [4.69, 9.17) is 0 Å². The Morgan fingerprint density at radius 3 is 2.38 bits per heavy atom. The van der Waals surface area contributed by atoms with Gasteiger partial charge in [0, 0.05) is 30.2 Å². The number of rotatable bonds is 10. The largest absolute Gasteiger partial charge is 0.355 e. The van der Waals surface area contributed by atoms with Gasteiger partial charge < -0.3 is 10.2 Å². The number of thioether (sulfide) groups is 1. The summed E-state index contributed by atoms with van der Waals surface area (Å²) in [5.41, 5.74) is 3.42. The van der Waals surface area contributed by atoms with Crippen molar-refractivity contribution in [1.82, 2.24) is 10.2 Å². The van der Waals surface area contributed by atoms with E-state index in [2.05, 4.69) is 42.6 Å². The number of aryl methyl sites for hydroxylation is 2. The number of nitrogens with zero attached hydrogens (tertiary/aromatic N) is 1. The minimum atomic E-state index is -0.452. The summed E-state index contributed by atoms with van der Waals surface area (Å²) in [6.45, 7) is 8.96. The molecule has 0 bridgehead atoms. The van der Waals surface area contributed by atoms with Gasteiger partial charge in [-0.05, 0) is 44.9 Å². The average molecular weight is 413 g/mol. The van der Waals surface area contributed by atoms with Crippen molar-refractivity contribution >= 4 is 23.6 Å². The Labute approximate surface area is 179 Å². The van der Waals surface area contributed by atoms with E-state index in [9.17, 15) is 9.59 Å². The van der Waals surface area contributed by atoms with Crippen molar-refractivity contribution in [2.24, 2.45) is 0 Å². The highest BCUT2D eigenvalue weighted by atomic mass is 32.2. The molecule has 0 saturated heterocycles. The number of likely N-dealkylation sites (N-methyl/N-ethyl adjacent to an activating group) is 1. The molecule has 2 aromatic carbocycles. The van der Waals surface area contributed by atoms with Crippen molar-refractivity contribution in [3.8, 4) is 0 Å². The van der Waals surface area contributed by atoms with Crippen molar-refractivity contribution in [3.05, 3.63) is 65.2 Å². The zero-order chi connectivity index (χ0) is 21.2. The summed E-state index contributed by atoms with van der Waals surface area (Å²) in [5, 5.41) is 2.88. The molecular formula is C24H32N2O2S. The second-order valence-corrected chi connectivity index (χ2v) is 8.41. The molecule has 0 aromatic heterocycles. The minimum Gasteiger partial charge on any atom is -0.355 e. The van der Waals surface area contributed by atoms with Crippen LogP contribution in [0.3, 0.4) is 0 Å². The highest BCUT2D eigenvalue weighted by Crippen LogP contribution is 2.21. The van der Waals surface area contributed by atoms with Crippen LogP contribution in [0.1, 0.15) is 43.4 Å². The van der Waals surface area contributed by atoms with Crippen molar-refractivity contribution in [3.63, 3.8) is 0 Å². The van der Waals surface area contributed by atoms with Gasteiger partial charge in [0.1, 0.15) is 6.04 Å². The maximum atomic E-state index is 13.1. The fraction of sp³-hybridized carbons (Fsp3) is 0.417. The van der Waals surface area contributed by atoms with E-state index in [0.29, 0.717) is 31.7 Å². The highest BCUT2D eigenvalue weighted by molar-refractivity contribution is 7.99. The Hall–Kier alpha value is -2.27. The summed E-state index contributed by atoms with van der Waals surface area (Å²) in [4.78, 5) is 28.6. The van der Waals surface area contributed by atoms with Gasteiger partial charge in [0.25, 0.3) is 0 Å². The normalized spacial score (nSPS) is 11.7. The molecule has 0 heterocycles. The van der Waals surface area contributed by atoms with E-state index < -0.39 is 6.04 Å². The summed E-state index contributed by atoms with van der Waals surface area (Å²) in [5.74, 6) is 0.629. The lowest BCUT2D eigenvalue weighted by atomic mass is 10.1. The molecule has 0 spiro atoms. The third-order valence-electron chi connectivity index (χ3n) is 4.78. The van der Waals surface area contributed by atoms with Gasteiger partial charge in [0.15, 0.2) is 0 Å². The Balaban J connectivity index is 2.10. The summed E-state index contributed by atoms with van der Waals surface area (Å²) in [6.07, 6.45) is 0.995. The van der Waals surface area contributed by atoms with Crippen LogP contribution in [0.2, 0.25) is 0 Å². The number of nitrogens with one attached hydrogen (secondary N) is 1. The standard InChI is InChI=1S/C24H32N2O2S/c1-5-22(24(28)25-6-2)26(17-20-9-7-8-19(4)16-20)23(27)14-15-29-21-12-10-18(3)11-13-21/h7-13,16,22H,5-6,14-15,17H2,1-4H3,(H,25,28). The fourth-order valence-electron chi connectivity index (χ4n) is 3.25. The molecular weight excluding hydrogens is 380 g/mol. The van der Waals surface area contributed by atoms with Crippen LogP contribution in [0.25, 0.3) is 0 Å². The van der Waals surface area contributed by atoms with E-state index in [1.807, 2.05) is 39.0 Å². The van der Waals surface area contributed by atoms with E-state index in [-0.39, 0.29) is 11.8 Å². The Morgan fingerprint density at radius 2 is 1.76 bits per heavy atom. The Morgan fingerprint density at radius 1 is 1.03 bits per heavy atom. The molecule has 2 rings (SSSR count). The Bertz CT molecular complexity index is 805. The van der Waals surface area contributed by atoms with Crippen molar-refractivity contribution in [1.29, 1.82) is 0 Å². The molecule has 0 fully saturated rings. The lowest BCUT2D eigenvalue weighted by molar-refractivity contribution is -0.141. The maximum Gasteiger partial charge on any atom is 0.242 e. The van der Waals surface area contributed by atoms with Crippen LogP contribution in [-0.4, -0.2) is 35.1 Å². The molecule has 0 radical (unpaired) electrons. The predicted octanol–water partition coefficient (Wildman–Crippen LogP) is 4.73. The van der Waals surface area contributed by atoms with Crippen molar-refractivity contribution < 1.29 is 9.59 Å². The topological polar surface area (TPSA) is 49.4 Å². The van der Waals surface area contributed by atoms with Crippen molar-refractivity contribution in [2.45, 2.75) is 58.0 Å². The predicted molar refractivity (Wildman–Crippen MR) is 121 cm³/mol.